The van der Waals surface area contributed by atoms with Crippen LogP contribution in [0.2, 0.25) is 0 Å². The number of rotatable bonds is 8. The molecule has 22 heavy (non-hydrogen) atoms. The van der Waals surface area contributed by atoms with Gasteiger partial charge >= 0.3 is 0 Å². The summed E-state index contributed by atoms with van der Waals surface area (Å²) in [5.74, 6) is 2.60. The van der Waals surface area contributed by atoms with E-state index >= 15 is 0 Å². The largest absolute Gasteiger partial charge is 0.356 e. The quantitative estimate of drug-likeness (QED) is 0.238. The van der Waals surface area contributed by atoms with Crippen molar-refractivity contribution in [2.75, 3.05) is 63.3 Å². The van der Waals surface area contributed by atoms with Crippen LogP contribution in [0.15, 0.2) is 4.99 Å². The van der Waals surface area contributed by atoms with Crippen molar-refractivity contribution >= 4 is 51.5 Å². The van der Waals surface area contributed by atoms with Crippen LogP contribution in [0.5, 0.6) is 0 Å². The highest BCUT2D eigenvalue weighted by atomic mass is 127. The van der Waals surface area contributed by atoms with Crippen molar-refractivity contribution in [3.63, 3.8) is 0 Å². The second kappa shape index (κ2) is 12.7. The van der Waals surface area contributed by atoms with Crippen molar-refractivity contribution < 1.29 is 8.42 Å². The lowest BCUT2D eigenvalue weighted by Gasteiger charge is -2.26. The van der Waals surface area contributed by atoms with E-state index in [1.807, 2.05) is 11.8 Å². The molecule has 132 valence electrons. The standard InChI is InChI=1S/C13H28N4O2S2.HI/c1-14-13(15-5-3-4-10-20-2)16-6-7-17-8-11-21(18,19)12-9-17;/h3-12H2,1-2H3,(H2,14,15,16);1H. The SMILES string of the molecule is CN=C(NCCCCSC)NCCN1CCS(=O)(=O)CC1.I. The number of unbranched alkanes of at least 4 members (excludes halogenated alkanes) is 1. The average Bonchev–Trinajstić information content (AvgIpc) is 2.47. The van der Waals surface area contributed by atoms with E-state index in [0.29, 0.717) is 13.1 Å². The number of guanidine groups is 1. The first-order valence-electron chi connectivity index (χ1n) is 7.43. The molecular weight excluding hydrogens is 435 g/mol. The zero-order chi connectivity index (χ0) is 15.6. The minimum absolute atomic E-state index is 0. The summed E-state index contributed by atoms with van der Waals surface area (Å²) >= 11 is 1.87. The normalized spacial score (nSPS) is 18.5. The van der Waals surface area contributed by atoms with Gasteiger partial charge in [0.15, 0.2) is 15.8 Å². The van der Waals surface area contributed by atoms with Gasteiger partial charge in [0.2, 0.25) is 0 Å². The highest BCUT2D eigenvalue weighted by Crippen LogP contribution is 2.02. The summed E-state index contributed by atoms with van der Waals surface area (Å²) in [7, 11) is -1.01. The number of hydrogen-bond acceptors (Lipinski definition) is 5. The van der Waals surface area contributed by atoms with Crippen molar-refractivity contribution in [3.05, 3.63) is 0 Å². The van der Waals surface area contributed by atoms with Crippen LogP contribution < -0.4 is 10.6 Å². The van der Waals surface area contributed by atoms with E-state index in [1.165, 1.54) is 12.2 Å². The summed E-state index contributed by atoms with van der Waals surface area (Å²) < 4.78 is 22.7. The minimum Gasteiger partial charge on any atom is -0.356 e. The lowest BCUT2D eigenvalue weighted by molar-refractivity contribution is 0.299. The van der Waals surface area contributed by atoms with Gasteiger partial charge in [0.1, 0.15) is 0 Å². The third-order valence-corrected chi connectivity index (χ3v) is 5.75. The molecule has 0 aromatic heterocycles. The van der Waals surface area contributed by atoms with Crippen molar-refractivity contribution in [3.8, 4) is 0 Å². The van der Waals surface area contributed by atoms with Gasteiger partial charge in [0, 0.05) is 39.8 Å². The number of thioether (sulfide) groups is 1. The summed E-state index contributed by atoms with van der Waals surface area (Å²) in [5, 5.41) is 6.57. The van der Waals surface area contributed by atoms with Crippen LogP contribution in [-0.4, -0.2) is 82.6 Å². The van der Waals surface area contributed by atoms with Crippen LogP contribution in [-0.2, 0) is 9.84 Å². The van der Waals surface area contributed by atoms with Crippen molar-refractivity contribution in [2.45, 2.75) is 12.8 Å². The molecule has 2 N–H and O–H groups in total. The Balaban J connectivity index is 0.00000441. The lowest BCUT2D eigenvalue weighted by Crippen LogP contribution is -2.46. The van der Waals surface area contributed by atoms with Gasteiger partial charge in [-0.3, -0.25) is 9.89 Å². The van der Waals surface area contributed by atoms with Crippen LogP contribution in [0.1, 0.15) is 12.8 Å². The van der Waals surface area contributed by atoms with Crippen molar-refractivity contribution in [1.29, 1.82) is 0 Å². The fourth-order valence-corrected chi connectivity index (χ4v) is 3.87. The molecule has 0 radical (unpaired) electrons. The Morgan fingerprint density at radius 1 is 1.18 bits per heavy atom. The highest BCUT2D eigenvalue weighted by Gasteiger charge is 2.20. The third kappa shape index (κ3) is 10.1. The molecule has 6 nitrogen and oxygen atoms in total. The molecule has 1 heterocycles. The minimum atomic E-state index is -2.78. The van der Waals surface area contributed by atoms with Gasteiger partial charge in [0.25, 0.3) is 0 Å². The monoisotopic (exact) mass is 464 g/mol. The summed E-state index contributed by atoms with van der Waals surface area (Å²) in [4.78, 5) is 6.37. The maximum Gasteiger partial charge on any atom is 0.191 e. The highest BCUT2D eigenvalue weighted by molar-refractivity contribution is 14.0. The fraction of sp³-hybridized carbons (Fsp3) is 0.923. The first-order valence-corrected chi connectivity index (χ1v) is 10.6. The van der Waals surface area contributed by atoms with Gasteiger partial charge in [-0.1, -0.05) is 0 Å². The smallest absolute Gasteiger partial charge is 0.191 e. The molecule has 0 saturated carbocycles. The van der Waals surface area contributed by atoms with Gasteiger partial charge in [-0.25, -0.2) is 8.42 Å². The molecule has 9 heteroatoms. The maximum absolute atomic E-state index is 11.3. The summed E-state index contributed by atoms with van der Waals surface area (Å²) in [6.07, 6.45) is 4.48. The molecule has 1 fully saturated rings. The number of nitrogens with one attached hydrogen (secondary N) is 2. The van der Waals surface area contributed by atoms with Gasteiger partial charge < -0.3 is 10.6 Å². The van der Waals surface area contributed by atoms with E-state index in [1.54, 1.807) is 7.05 Å². The van der Waals surface area contributed by atoms with Gasteiger partial charge in [-0.05, 0) is 24.9 Å². The molecule has 0 amide bonds. The Morgan fingerprint density at radius 2 is 1.82 bits per heavy atom. The molecule has 0 spiro atoms. The molecule has 0 unspecified atom stereocenters. The number of aliphatic imine (C=N–C) groups is 1. The number of nitrogens with zero attached hydrogens (tertiary/aromatic N) is 2. The first-order chi connectivity index (χ1) is 10.1. The van der Waals surface area contributed by atoms with Crippen molar-refractivity contribution in [2.24, 2.45) is 4.99 Å². The van der Waals surface area contributed by atoms with Crippen LogP contribution in [0, 0.1) is 0 Å². The summed E-state index contributed by atoms with van der Waals surface area (Å²) in [5.41, 5.74) is 0. The average molecular weight is 464 g/mol. The molecule has 1 rings (SSSR count). The molecule has 1 aliphatic rings. The number of hydrogen-bond donors (Lipinski definition) is 2. The molecular formula is C13H29IN4O2S2. The molecule has 1 saturated heterocycles. The van der Waals surface area contributed by atoms with E-state index in [-0.39, 0.29) is 35.5 Å². The zero-order valence-corrected chi connectivity index (χ0v) is 17.5. The fourth-order valence-electron chi connectivity index (χ4n) is 2.11. The topological polar surface area (TPSA) is 73.8 Å². The van der Waals surface area contributed by atoms with Gasteiger partial charge in [-0.15, -0.1) is 24.0 Å². The van der Waals surface area contributed by atoms with Gasteiger partial charge in [-0.2, -0.15) is 11.8 Å². The number of sulfone groups is 1. The molecule has 0 bridgehead atoms. The molecule has 0 aromatic rings. The molecule has 1 aliphatic heterocycles. The summed E-state index contributed by atoms with van der Waals surface area (Å²) in [6.45, 7) is 3.85. The van der Waals surface area contributed by atoms with Crippen LogP contribution >= 0.6 is 35.7 Å². The Morgan fingerprint density at radius 3 is 2.41 bits per heavy atom. The maximum atomic E-state index is 11.3. The van der Waals surface area contributed by atoms with E-state index in [4.69, 9.17) is 0 Å². The van der Waals surface area contributed by atoms with E-state index < -0.39 is 9.84 Å². The van der Waals surface area contributed by atoms with E-state index in [9.17, 15) is 8.42 Å². The van der Waals surface area contributed by atoms with Crippen LogP contribution in [0.3, 0.4) is 0 Å². The first kappa shape index (κ1) is 22.3. The number of halogens is 1. The van der Waals surface area contributed by atoms with Gasteiger partial charge in [0.05, 0.1) is 11.5 Å². The van der Waals surface area contributed by atoms with Crippen LogP contribution in [0.4, 0.5) is 0 Å². The predicted octanol–water partition coefficient (Wildman–Crippen LogP) is 0.643. The lowest BCUT2D eigenvalue weighted by atomic mass is 10.3. The zero-order valence-electron chi connectivity index (χ0n) is 13.5. The van der Waals surface area contributed by atoms with Crippen LogP contribution in [0.25, 0.3) is 0 Å². The molecule has 0 atom stereocenters. The predicted molar refractivity (Wildman–Crippen MR) is 107 cm³/mol. The van der Waals surface area contributed by atoms with E-state index in [0.717, 1.165) is 32.0 Å². The second-order valence-electron chi connectivity index (χ2n) is 5.12. The molecule has 0 aromatic carbocycles. The second-order valence-corrected chi connectivity index (χ2v) is 8.41. The Hall–Kier alpha value is 0.260. The Labute approximate surface area is 156 Å². The summed E-state index contributed by atoms with van der Waals surface area (Å²) in [6, 6.07) is 0. The Bertz CT molecular complexity index is 404. The van der Waals surface area contributed by atoms with Crippen molar-refractivity contribution in [1.82, 2.24) is 15.5 Å². The third-order valence-electron chi connectivity index (χ3n) is 3.45. The Kier molecular flexibility index (Phi) is 12.8. The van der Waals surface area contributed by atoms with E-state index in [2.05, 4.69) is 26.8 Å². The molecule has 0 aliphatic carbocycles.